The molecule has 1 aromatic rings. The van der Waals surface area contributed by atoms with Crippen molar-refractivity contribution in [3.8, 4) is 11.5 Å². The lowest BCUT2D eigenvalue weighted by Gasteiger charge is -2.28. The molecule has 0 saturated heterocycles. The lowest BCUT2D eigenvalue weighted by molar-refractivity contribution is 0.174. The minimum absolute atomic E-state index is 0.249. The number of aryl methyl sites for hydroxylation is 1. The minimum atomic E-state index is -2.90. The number of hydrogen-bond donors (Lipinski definition) is 0. The molecule has 1 fully saturated rings. The van der Waals surface area contributed by atoms with Crippen LogP contribution in [0.1, 0.15) is 51.5 Å². The molecule has 0 spiro atoms. The molecule has 0 radical (unpaired) electrons. The van der Waals surface area contributed by atoms with Crippen molar-refractivity contribution in [3.05, 3.63) is 23.8 Å². The number of sulfone groups is 1. The summed E-state index contributed by atoms with van der Waals surface area (Å²) in [6.07, 6.45) is 6.64. The molecule has 1 aliphatic carbocycles. The van der Waals surface area contributed by atoms with Crippen LogP contribution in [0.5, 0.6) is 11.5 Å². The summed E-state index contributed by atoms with van der Waals surface area (Å²) in [4.78, 5) is 0. The maximum Gasteiger partial charge on any atom is 0.231 e. The maximum atomic E-state index is 12.1. The highest BCUT2D eigenvalue weighted by atomic mass is 32.2. The van der Waals surface area contributed by atoms with Gasteiger partial charge in [0.25, 0.3) is 0 Å². The van der Waals surface area contributed by atoms with Gasteiger partial charge in [0.1, 0.15) is 0 Å². The third-order valence-corrected chi connectivity index (χ3v) is 7.80. The van der Waals surface area contributed by atoms with Gasteiger partial charge >= 0.3 is 0 Å². The van der Waals surface area contributed by atoms with Gasteiger partial charge in [-0.05, 0) is 69.1 Å². The highest BCUT2D eigenvalue weighted by Gasteiger charge is 2.27. The number of fused-ring (bicyclic) bond motifs is 1. The lowest BCUT2D eigenvalue weighted by Crippen LogP contribution is -2.26. The number of hydrogen-bond acceptors (Lipinski definition) is 4. The predicted octanol–water partition coefficient (Wildman–Crippen LogP) is 3.98. The van der Waals surface area contributed by atoms with Gasteiger partial charge in [-0.15, -0.1) is 0 Å². The third-order valence-electron chi connectivity index (χ3n) is 5.43. The Balaban J connectivity index is 1.44. The van der Waals surface area contributed by atoms with Gasteiger partial charge in [0, 0.05) is 0 Å². The van der Waals surface area contributed by atoms with E-state index in [1.807, 2.05) is 6.07 Å². The SMILES string of the molecule is CC(C)S(=O)(=O)CC1CCC(CCc2ccc3c(c2)OCO3)CC1. The second-order valence-electron chi connectivity index (χ2n) is 7.49. The van der Waals surface area contributed by atoms with E-state index in [4.69, 9.17) is 9.47 Å². The van der Waals surface area contributed by atoms with E-state index in [-0.39, 0.29) is 5.25 Å². The second kappa shape index (κ2) is 7.34. The van der Waals surface area contributed by atoms with Crippen molar-refractivity contribution in [2.75, 3.05) is 12.5 Å². The van der Waals surface area contributed by atoms with Crippen molar-refractivity contribution >= 4 is 9.84 Å². The molecule has 0 atom stereocenters. The van der Waals surface area contributed by atoms with E-state index in [0.29, 0.717) is 24.4 Å². The van der Waals surface area contributed by atoms with Crippen LogP contribution >= 0.6 is 0 Å². The third kappa shape index (κ3) is 4.24. The van der Waals surface area contributed by atoms with E-state index in [2.05, 4.69) is 12.1 Å². The quantitative estimate of drug-likeness (QED) is 0.777. The summed E-state index contributed by atoms with van der Waals surface area (Å²) >= 11 is 0. The fourth-order valence-corrected chi connectivity index (χ4v) is 5.05. The summed E-state index contributed by atoms with van der Waals surface area (Å²) in [5.41, 5.74) is 1.30. The first-order valence-corrected chi connectivity index (χ1v) is 10.8. The molecule has 0 aromatic heterocycles. The summed E-state index contributed by atoms with van der Waals surface area (Å²) in [5.74, 6) is 3.15. The fraction of sp³-hybridized carbons (Fsp3) is 0.684. The van der Waals surface area contributed by atoms with E-state index in [9.17, 15) is 8.42 Å². The molecule has 0 N–H and O–H groups in total. The summed E-state index contributed by atoms with van der Waals surface area (Å²) in [6, 6.07) is 6.20. The van der Waals surface area contributed by atoms with Gasteiger partial charge in [0.05, 0.1) is 11.0 Å². The molecule has 0 amide bonds. The molecule has 1 aromatic carbocycles. The Bertz CT molecular complexity index is 658. The van der Waals surface area contributed by atoms with Gasteiger partial charge in [0.2, 0.25) is 6.79 Å². The van der Waals surface area contributed by atoms with Crippen LogP contribution in [0, 0.1) is 11.8 Å². The minimum Gasteiger partial charge on any atom is -0.454 e. The first kappa shape index (κ1) is 17.6. The fourth-order valence-electron chi connectivity index (χ4n) is 3.68. The van der Waals surface area contributed by atoms with Crippen molar-refractivity contribution in [1.29, 1.82) is 0 Å². The molecule has 3 rings (SSSR count). The van der Waals surface area contributed by atoms with Crippen LogP contribution in [0.2, 0.25) is 0 Å². The van der Waals surface area contributed by atoms with Gasteiger partial charge in [0.15, 0.2) is 21.3 Å². The molecular weight excluding hydrogens is 324 g/mol. The van der Waals surface area contributed by atoms with Gasteiger partial charge in [-0.25, -0.2) is 8.42 Å². The van der Waals surface area contributed by atoms with Gasteiger partial charge in [-0.3, -0.25) is 0 Å². The highest BCUT2D eigenvalue weighted by molar-refractivity contribution is 7.91. The Labute approximate surface area is 145 Å². The molecule has 2 aliphatic rings. The van der Waals surface area contributed by atoms with Crippen LogP contribution in [-0.4, -0.2) is 26.2 Å². The zero-order valence-electron chi connectivity index (χ0n) is 14.7. The molecule has 0 unspecified atom stereocenters. The second-order valence-corrected chi connectivity index (χ2v) is 10.1. The smallest absolute Gasteiger partial charge is 0.231 e. The van der Waals surface area contributed by atoms with Gasteiger partial charge in [-0.1, -0.05) is 18.9 Å². The Morgan fingerprint density at radius 1 is 1.04 bits per heavy atom. The van der Waals surface area contributed by atoms with Crippen molar-refractivity contribution < 1.29 is 17.9 Å². The molecule has 1 saturated carbocycles. The Kier molecular flexibility index (Phi) is 5.38. The topological polar surface area (TPSA) is 52.6 Å². The number of ether oxygens (including phenoxy) is 2. The van der Waals surface area contributed by atoms with Crippen LogP contribution in [0.4, 0.5) is 0 Å². The first-order valence-electron chi connectivity index (χ1n) is 9.04. The number of rotatable bonds is 6. The van der Waals surface area contributed by atoms with Crippen molar-refractivity contribution in [2.24, 2.45) is 11.8 Å². The molecular formula is C19H28O4S. The van der Waals surface area contributed by atoms with E-state index in [1.165, 1.54) is 12.0 Å². The highest BCUT2D eigenvalue weighted by Crippen LogP contribution is 2.35. The molecule has 0 bridgehead atoms. The lowest BCUT2D eigenvalue weighted by atomic mass is 9.80. The summed E-state index contributed by atoms with van der Waals surface area (Å²) in [7, 11) is -2.90. The van der Waals surface area contributed by atoms with Crippen LogP contribution < -0.4 is 9.47 Å². The van der Waals surface area contributed by atoms with Crippen LogP contribution in [0.15, 0.2) is 18.2 Å². The average molecular weight is 352 g/mol. The zero-order valence-corrected chi connectivity index (χ0v) is 15.5. The maximum absolute atomic E-state index is 12.1. The van der Waals surface area contributed by atoms with E-state index in [1.54, 1.807) is 13.8 Å². The van der Waals surface area contributed by atoms with Crippen molar-refractivity contribution in [3.63, 3.8) is 0 Å². The number of benzene rings is 1. The Hall–Kier alpha value is -1.23. The molecule has 5 heteroatoms. The van der Waals surface area contributed by atoms with Crippen LogP contribution in [-0.2, 0) is 16.3 Å². The zero-order chi connectivity index (χ0) is 17.2. The van der Waals surface area contributed by atoms with Gasteiger partial charge in [-0.2, -0.15) is 0 Å². The first-order chi connectivity index (χ1) is 11.4. The normalized spacial score (nSPS) is 23.6. The summed E-state index contributed by atoms with van der Waals surface area (Å²) in [6.45, 7) is 3.89. The standard InChI is InChI=1S/C19H28O4S/c1-14(2)24(20,21)12-17-7-4-15(5-8-17)3-6-16-9-10-18-19(11-16)23-13-22-18/h9-11,14-15,17H,3-8,12-13H2,1-2H3. The molecule has 134 valence electrons. The van der Waals surface area contributed by atoms with E-state index >= 15 is 0 Å². The summed E-state index contributed by atoms with van der Waals surface area (Å²) < 4.78 is 34.9. The largest absolute Gasteiger partial charge is 0.454 e. The van der Waals surface area contributed by atoms with Crippen molar-refractivity contribution in [2.45, 2.75) is 57.6 Å². The molecule has 1 aliphatic heterocycles. The Morgan fingerprint density at radius 3 is 2.42 bits per heavy atom. The predicted molar refractivity (Wildman–Crippen MR) is 95.3 cm³/mol. The van der Waals surface area contributed by atoms with E-state index < -0.39 is 9.84 Å². The van der Waals surface area contributed by atoms with E-state index in [0.717, 1.165) is 43.6 Å². The van der Waals surface area contributed by atoms with Crippen molar-refractivity contribution in [1.82, 2.24) is 0 Å². The molecule has 24 heavy (non-hydrogen) atoms. The average Bonchev–Trinajstić information content (AvgIpc) is 3.01. The summed E-state index contributed by atoms with van der Waals surface area (Å²) in [5, 5.41) is -0.249. The van der Waals surface area contributed by atoms with Crippen LogP contribution in [0.3, 0.4) is 0 Å². The van der Waals surface area contributed by atoms with Gasteiger partial charge < -0.3 is 9.47 Å². The molecule has 1 heterocycles. The monoisotopic (exact) mass is 352 g/mol. The van der Waals surface area contributed by atoms with Crippen LogP contribution in [0.25, 0.3) is 0 Å². The molecule has 4 nitrogen and oxygen atoms in total. The Morgan fingerprint density at radius 2 is 1.71 bits per heavy atom.